The predicted octanol–water partition coefficient (Wildman–Crippen LogP) is 5.64. The van der Waals surface area contributed by atoms with Crippen LogP contribution in [0.3, 0.4) is 0 Å². The number of carbonyl (C=O) groups is 2. The number of alkyl halides is 3. The molecule has 192 valence electrons. The summed E-state index contributed by atoms with van der Waals surface area (Å²) in [4.78, 5) is 34.5. The number of carbonyl (C=O) groups excluding carboxylic acids is 2. The molecule has 1 saturated carbocycles. The molecule has 2 aliphatic rings. The molecule has 2 heterocycles. The Morgan fingerprint density at radius 3 is 2.05 bits per heavy atom. The van der Waals surface area contributed by atoms with Crippen LogP contribution in [0.5, 0.6) is 11.5 Å². The van der Waals surface area contributed by atoms with Gasteiger partial charge in [0.05, 0.1) is 11.1 Å². The molecule has 6 nitrogen and oxygen atoms in total. The summed E-state index contributed by atoms with van der Waals surface area (Å²) in [5.74, 6) is 0.439. The third-order valence-electron chi connectivity index (χ3n) is 7.10. The zero-order valence-corrected chi connectivity index (χ0v) is 20.5. The molecule has 0 atom stereocenters. The number of benzene rings is 2. The highest BCUT2D eigenvalue weighted by molar-refractivity contribution is 5.96. The summed E-state index contributed by atoms with van der Waals surface area (Å²) in [5, 5.41) is 0. The maximum atomic E-state index is 13.2. The van der Waals surface area contributed by atoms with Crippen molar-refractivity contribution in [3.05, 3.63) is 88.7 Å². The number of hydrogen-bond acceptors (Lipinski definition) is 4. The molecule has 2 aromatic carbocycles. The minimum Gasteiger partial charge on any atom is -0.457 e. The van der Waals surface area contributed by atoms with Crippen LogP contribution in [0.25, 0.3) is 0 Å². The van der Waals surface area contributed by atoms with Crippen LogP contribution in [-0.4, -0.2) is 51.8 Å². The predicted molar refractivity (Wildman–Crippen MR) is 131 cm³/mol. The van der Waals surface area contributed by atoms with E-state index in [2.05, 4.69) is 4.98 Å². The molecule has 1 aromatic heterocycles. The topological polar surface area (TPSA) is 62.7 Å². The second-order valence-electron chi connectivity index (χ2n) is 9.66. The highest BCUT2D eigenvalue weighted by Crippen LogP contribution is 2.45. The lowest BCUT2D eigenvalue weighted by molar-refractivity contribution is -0.137. The van der Waals surface area contributed by atoms with Gasteiger partial charge in [-0.3, -0.25) is 9.59 Å². The highest BCUT2D eigenvalue weighted by atomic mass is 19.4. The van der Waals surface area contributed by atoms with Crippen LogP contribution >= 0.6 is 0 Å². The molecule has 3 aromatic rings. The van der Waals surface area contributed by atoms with Crippen molar-refractivity contribution < 1.29 is 27.5 Å². The fraction of sp³-hybridized carbons (Fsp3) is 0.321. The molecule has 9 heteroatoms. The summed E-state index contributed by atoms with van der Waals surface area (Å²) in [6, 6.07) is 14.6. The minimum atomic E-state index is -4.41. The maximum absolute atomic E-state index is 13.2. The molecule has 2 amide bonds. The molecule has 1 saturated heterocycles. The highest BCUT2D eigenvalue weighted by Gasteiger charge is 2.54. The van der Waals surface area contributed by atoms with Gasteiger partial charge in [0, 0.05) is 30.9 Å². The standard InChI is InChI=1S/C28H26F3N3O3/c1-18-3-12-24(32-19(18)2)26(36)34-16-15-33(17-27(34)13-14-27)25(35)20-4-8-22(9-5-20)37-23-10-6-21(7-11-23)28(29,30)31/h3-12H,13-17H2,1-2H3. The van der Waals surface area contributed by atoms with Gasteiger partial charge in [-0.2, -0.15) is 13.2 Å². The lowest BCUT2D eigenvalue weighted by atomic mass is 10.1. The van der Waals surface area contributed by atoms with Gasteiger partial charge in [-0.25, -0.2) is 4.98 Å². The monoisotopic (exact) mass is 509 g/mol. The van der Waals surface area contributed by atoms with Crippen LogP contribution in [0.15, 0.2) is 60.7 Å². The molecule has 0 N–H and O–H groups in total. The maximum Gasteiger partial charge on any atom is 0.416 e. The van der Waals surface area contributed by atoms with E-state index in [0.717, 1.165) is 36.2 Å². The van der Waals surface area contributed by atoms with Crippen molar-refractivity contribution in [3.63, 3.8) is 0 Å². The Balaban J connectivity index is 1.23. The van der Waals surface area contributed by atoms with E-state index >= 15 is 0 Å². The van der Waals surface area contributed by atoms with Crippen molar-refractivity contribution in [2.75, 3.05) is 19.6 Å². The summed E-state index contributed by atoms with van der Waals surface area (Å²) < 4.78 is 43.8. The molecule has 0 unspecified atom stereocenters. The molecule has 37 heavy (non-hydrogen) atoms. The molecule has 5 rings (SSSR count). The van der Waals surface area contributed by atoms with Gasteiger partial charge < -0.3 is 14.5 Å². The number of aryl methyl sites for hydroxylation is 2. The van der Waals surface area contributed by atoms with E-state index in [9.17, 15) is 22.8 Å². The third-order valence-corrected chi connectivity index (χ3v) is 7.10. The Morgan fingerprint density at radius 1 is 0.865 bits per heavy atom. The van der Waals surface area contributed by atoms with Gasteiger partial charge in [-0.05, 0) is 86.8 Å². The summed E-state index contributed by atoms with van der Waals surface area (Å²) in [7, 11) is 0. The molecule has 2 fully saturated rings. The van der Waals surface area contributed by atoms with Gasteiger partial charge in [0.2, 0.25) is 0 Å². The van der Waals surface area contributed by atoms with Crippen LogP contribution in [0.4, 0.5) is 13.2 Å². The molecule has 1 spiro atoms. The van der Waals surface area contributed by atoms with E-state index in [1.807, 2.05) is 24.8 Å². The number of pyridine rings is 1. The van der Waals surface area contributed by atoms with Crippen molar-refractivity contribution in [1.29, 1.82) is 0 Å². The number of halogens is 3. The summed E-state index contributed by atoms with van der Waals surface area (Å²) >= 11 is 0. The van der Waals surface area contributed by atoms with E-state index in [0.29, 0.717) is 36.6 Å². The van der Waals surface area contributed by atoms with Gasteiger partial charge in [0.15, 0.2) is 0 Å². The van der Waals surface area contributed by atoms with Crippen LogP contribution in [0.2, 0.25) is 0 Å². The minimum absolute atomic E-state index is 0.0996. The van der Waals surface area contributed by atoms with Crippen molar-refractivity contribution >= 4 is 11.8 Å². The summed E-state index contributed by atoms with van der Waals surface area (Å²) in [5.41, 5.74) is 1.67. The fourth-order valence-electron chi connectivity index (χ4n) is 4.62. The molecular formula is C28H26F3N3O3. The number of amides is 2. The third kappa shape index (κ3) is 5.03. The van der Waals surface area contributed by atoms with Crippen molar-refractivity contribution in [3.8, 4) is 11.5 Å². The van der Waals surface area contributed by atoms with Crippen LogP contribution in [0, 0.1) is 13.8 Å². The zero-order chi connectivity index (χ0) is 26.4. The Kier molecular flexibility index (Phi) is 6.17. The Labute approximate surface area is 212 Å². The van der Waals surface area contributed by atoms with E-state index in [-0.39, 0.29) is 23.1 Å². The van der Waals surface area contributed by atoms with E-state index in [1.54, 1.807) is 35.2 Å². The van der Waals surface area contributed by atoms with Crippen LogP contribution in [-0.2, 0) is 6.18 Å². The second kappa shape index (κ2) is 9.21. The lowest BCUT2D eigenvalue weighted by Crippen LogP contribution is -2.58. The first-order valence-electron chi connectivity index (χ1n) is 12.1. The molecule has 0 radical (unpaired) electrons. The van der Waals surface area contributed by atoms with E-state index in [1.165, 1.54) is 12.1 Å². The molecule has 1 aliphatic heterocycles. The molecular weight excluding hydrogens is 483 g/mol. The Morgan fingerprint density at radius 2 is 1.49 bits per heavy atom. The number of ether oxygens (including phenoxy) is 1. The number of hydrogen-bond donors (Lipinski definition) is 0. The first kappa shape index (κ1) is 24.8. The van der Waals surface area contributed by atoms with Crippen LogP contribution < -0.4 is 4.74 Å². The Bertz CT molecular complexity index is 1330. The lowest BCUT2D eigenvalue weighted by Gasteiger charge is -2.42. The van der Waals surface area contributed by atoms with Gasteiger partial charge in [-0.1, -0.05) is 6.07 Å². The van der Waals surface area contributed by atoms with Gasteiger partial charge in [0.1, 0.15) is 17.2 Å². The summed E-state index contributed by atoms with van der Waals surface area (Å²) in [6.07, 6.45) is -2.73. The van der Waals surface area contributed by atoms with Crippen molar-refractivity contribution in [2.24, 2.45) is 0 Å². The van der Waals surface area contributed by atoms with Gasteiger partial charge in [0.25, 0.3) is 11.8 Å². The largest absolute Gasteiger partial charge is 0.457 e. The molecule has 1 aliphatic carbocycles. The van der Waals surface area contributed by atoms with E-state index in [4.69, 9.17) is 4.74 Å². The van der Waals surface area contributed by atoms with Gasteiger partial charge in [-0.15, -0.1) is 0 Å². The van der Waals surface area contributed by atoms with Crippen molar-refractivity contribution in [1.82, 2.24) is 14.8 Å². The normalized spacial score (nSPS) is 16.6. The number of nitrogens with zero attached hydrogens (tertiary/aromatic N) is 3. The second-order valence-corrected chi connectivity index (χ2v) is 9.66. The molecule has 0 bridgehead atoms. The quantitative estimate of drug-likeness (QED) is 0.457. The number of aromatic nitrogens is 1. The van der Waals surface area contributed by atoms with Gasteiger partial charge >= 0.3 is 6.18 Å². The number of piperazine rings is 1. The average molecular weight is 510 g/mol. The fourth-order valence-corrected chi connectivity index (χ4v) is 4.62. The summed E-state index contributed by atoms with van der Waals surface area (Å²) in [6.45, 7) is 5.16. The SMILES string of the molecule is Cc1ccc(C(=O)N2CCN(C(=O)c3ccc(Oc4ccc(C(F)(F)F)cc4)cc3)CC23CC3)nc1C. The smallest absolute Gasteiger partial charge is 0.416 e. The average Bonchev–Trinajstić information content (AvgIpc) is 3.64. The zero-order valence-electron chi connectivity index (χ0n) is 20.5. The first-order chi connectivity index (χ1) is 17.6. The van der Waals surface area contributed by atoms with Crippen molar-refractivity contribution in [2.45, 2.75) is 38.4 Å². The Hall–Kier alpha value is -3.88. The number of rotatable bonds is 4. The van der Waals surface area contributed by atoms with Crippen LogP contribution in [0.1, 0.15) is 50.5 Å². The first-order valence-corrected chi connectivity index (χ1v) is 12.1. The van der Waals surface area contributed by atoms with E-state index < -0.39 is 11.7 Å².